The summed E-state index contributed by atoms with van der Waals surface area (Å²) < 4.78 is 17.4. The molecule has 8 heteroatoms. The Hall–Kier alpha value is -3.55. The monoisotopic (exact) mass is 361 g/mol. The lowest BCUT2D eigenvalue weighted by Gasteiger charge is -2.07. The number of imidazole rings is 1. The third-order valence-corrected chi connectivity index (χ3v) is 4.70. The fourth-order valence-electron chi connectivity index (χ4n) is 3.41. The van der Waals surface area contributed by atoms with Crippen molar-refractivity contribution in [2.24, 2.45) is 7.05 Å². The first-order valence-electron chi connectivity index (χ1n) is 8.54. The average molecular weight is 361 g/mol. The molecule has 7 nitrogen and oxygen atoms in total. The summed E-state index contributed by atoms with van der Waals surface area (Å²) in [6, 6.07) is 3.85. The van der Waals surface area contributed by atoms with Gasteiger partial charge in [-0.3, -0.25) is 4.68 Å². The number of aryl methyl sites for hydroxylation is 1. The number of fused-ring (bicyclic) bond motifs is 2. The van der Waals surface area contributed by atoms with Crippen LogP contribution < -0.4 is 0 Å². The number of aromatic nitrogens is 7. The summed E-state index contributed by atoms with van der Waals surface area (Å²) >= 11 is 0. The van der Waals surface area contributed by atoms with Crippen molar-refractivity contribution in [3.63, 3.8) is 0 Å². The van der Waals surface area contributed by atoms with E-state index in [9.17, 15) is 4.39 Å². The van der Waals surface area contributed by atoms with Crippen molar-refractivity contribution in [2.75, 3.05) is 0 Å². The first-order valence-corrected chi connectivity index (χ1v) is 8.54. The molecule has 0 bridgehead atoms. The normalized spacial score (nSPS) is 12.9. The summed E-state index contributed by atoms with van der Waals surface area (Å²) in [5, 5.41) is 5.15. The number of alkyl halides is 1. The zero-order chi connectivity index (χ0) is 18.5. The summed E-state index contributed by atoms with van der Waals surface area (Å²) in [6.45, 7) is 1.51. The van der Waals surface area contributed by atoms with Gasteiger partial charge in [-0.2, -0.15) is 5.10 Å². The zero-order valence-electron chi connectivity index (χ0n) is 14.8. The van der Waals surface area contributed by atoms with Crippen LogP contribution in [-0.4, -0.2) is 34.1 Å². The van der Waals surface area contributed by atoms with Crippen LogP contribution in [0.15, 0.2) is 49.4 Å². The molecule has 5 aromatic rings. The molecular weight excluding hydrogens is 345 g/mol. The van der Waals surface area contributed by atoms with Crippen molar-refractivity contribution >= 4 is 16.7 Å². The molecule has 0 aliphatic heterocycles. The van der Waals surface area contributed by atoms with Gasteiger partial charge in [0.1, 0.15) is 23.8 Å². The maximum atomic E-state index is 13.9. The van der Waals surface area contributed by atoms with Crippen LogP contribution in [0.1, 0.15) is 18.8 Å². The van der Waals surface area contributed by atoms with E-state index in [1.54, 1.807) is 21.5 Å². The first kappa shape index (κ1) is 15.7. The second-order valence-electron chi connectivity index (χ2n) is 6.50. The van der Waals surface area contributed by atoms with Gasteiger partial charge in [-0.25, -0.2) is 19.3 Å². The van der Waals surface area contributed by atoms with Gasteiger partial charge in [-0.05, 0) is 19.1 Å². The molecule has 0 spiro atoms. The van der Waals surface area contributed by atoms with Gasteiger partial charge < -0.3 is 9.38 Å². The van der Waals surface area contributed by atoms with Crippen LogP contribution in [0.4, 0.5) is 4.39 Å². The molecule has 1 atom stereocenters. The van der Waals surface area contributed by atoms with E-state index in [1.807, 2.05) is 37.8 Å². The van der Waals surface area contributed by atoms with Gasteiger partial charge in [0.25, 0.3) is 0 Å². The smallest absolute Gasteiger partial charge is 0.141 e. The van der Waals surface area contributed by atoms with E-state index in [4.69, 9.17) is 0 Å². The van der Waals surface area contributed by atoms with Crippen LogP contribution >= 0.6 is 0 Å². The summed E-state index contributed by atoms with van der Waals surface area (Å²) in [4.78, 5) is 16.3. The quantitative estimate of drug-likeness (QED) is 0.531. The zero-order valence-corrected chi connectivity index (χ0v) is 14.8. The minimum Gasteiger partial charge on any atom is -0.345 e. The Morgan fingerprint density at radius 1 is 1.07 bits per heavy atom. The van der Waals surface area contributed by atoms with Crippen molar-refractivity contribution in [3.8, 4) is 22.4 Å². The number of hydrogen-bond donors (Lipinski definition) is 1. The van der Waals surface area contributed by atoms with Gasteiger partial charge in [0.15, 0.2) is 0 Å². The van der Waals surface area contributed by atoms with E-state index < -0.39 is 6.17 Å². The van der Waals surface area contributed by atoms with E-state index >= 15 is 0 Å². The summed E-state index contributed by atoms with van der Waals surface area (Å²) in [5.41, 5.74) is 5.55. The predicted octanol–water partition coefficient (Wildman–Crippen LogP) is 3.70. The van der Waals surface area contributed by atoms with Gasteiger partial charge in [0.2, 0.25) is 0 Å². The maximum absolute atomic E-state index is 13.9. The Balaban J connectivity index is 1.76. The lowest BCUT2D eigenvalue weighted by atomic mass is 10.0. The van der Waals surface area contributed by atoms with Crippen LogP contribution in [0.5, 0.6) is 0 Å². The SMILES string of the molecule is CC(F)c1cnc2ccc(-c3c[nH]c4ncnc(-c5cnn(C)c5)c34)cn12. The van der Waals surface area contributed by atoms with E-state index in [0.717, 1.165) is 33.4 Å². The van der Waals surface area contributed by atoms with Crippen LogP contribution in [0.2, 0.25) is 0 Å². The maximum Gasteiger partial charge on any atom is 0.141 e. The molecule has 0 amide bonds. The van der Waals surface area contributed by atoms with Gasteiger partial charge in [-0.1, -0.05) is 0 Å². The molecule has 5 rings (SSSR count). The molecule has 0 radical (unpaired) electrons. The molecule has 0 aromatic carbocycles. The van der Waals surface area contributed by atoms with Crippen molar-refractivity contribution < 1.29 is 4.39 Å². The molecule has 1 unspecified atom stereocenters. The third kappa shape index (κ3) is 2.41. The number of hydrogen-bond acceptors (Lipinski definition) is 4. The number of halogens is 1. The Kier molecular flexibility index (Phi) is 3.33. The Labute approximate surface area is 153 Å². The molecule has 0 aliphatic rings. The van der Waals surface area contributed by atoms with Crippen molar-refractivity contribution in [1.82, 2.24) is 34.1 Å². The Bertz CT molecular complexity index is 1280. The van der Waals surface area contributed by atoms with E-state index in [-0.39, 0.29) is 0 Å². The van der Waals surface area contributed by atoms with Gasteiger partial charge in [0, 0.05) is 42.3 Å². The number of aromatic amines is 1. The molecular formula is C19H16FN7. The number of nitrogens with one attached hydrogen (secondary N) is 1. The van der Waals surface area contributed by atoms with Crippen LogP contribution in [0.25, 0.3) is 39.1 Å². The minimum atomic E-state index is -1.10. The van der Waals surface area contributed by atoms with Crippen LogP contribution in [-0.2, 0) is 7.05 Å². The topological polar surface area (TPSA) is 76.7 Å². The lowest BCUT2D eigenvalue weighted by Crippen LogP contribution is -1.94. The molecule has 0 saturated carbocycles. The molecule has 0 saturated heterocycles. The molecule has 134 valence electrons. The summed E-state index contributed by atoms with van der Waals surface area (Å²) in [5.74, 6) is 0. The van der Waals surface area contributed by atoms with Crippen LogP contribution in [0, 0.1) is 0 Å². The van der Waals surface area contributed by atoms with Crippen LogP contribution in [0.3, 0.4) is 0 Å². The molecule has 0 fully saturated rings. The van der Waals surface area contributed by atoms with Crippen molar-refractivity contribution in [1.29, 1.82) is 0 Å². The average Bonchev–Trinajstić information content (AvgIpc) is 3.38. The van der Waals surface area contributed by atoms with E-state index in [0.29, 0.717) is 11.3 Å². The molecule has 27 heavy (non-hydrogen) atoms. The highest BCUT2D eigenvalue weighted by Crippen LogP contribution is 2.34. The second kappa shape index (κ2) is 5.73. The summed E-state index contributed by atoms with van der Waals surface area (Å²) in [6.07, 6.45) is 9.50. The Morgan fingerprint density at radius 2 is 1.96 bits per heavy atom. The van der Waals surface area contributed by atoms with Gasteiger partial charge in [-0.15, -0.1) is 0 Å². The van der Waals surface area contributed by atoms with Crippen molar-refractivity contribution in [2.45, 2.75) is 13.1 Å². The molecule has 0 aliphatic carbocycles. The van der Waals surface area contributed by atoms with Crippen molar-refractivity contribution in [3.05, 3.63) is 55.1 Å². The number of H-pyrrole nitrogens is 1. The lowest BCUT2D eigenvalue weighted by molar-refractivity contribution is 0.364. The number of rotatable bonds is 3. The number of pyridine rings is 1. The second-order valence-corrected chi connectivity index (χ2v) is 6.50. The fourth-order valence-corrected chi connectivity index (χ4v) is 3.41. The summed E-state index contributed by atoms with van der Waals surface area (Å²) in [7, 11) is 1.87. The molecule has 1 N–H and O–H groups in total. The largest absolute Gasteiger partial charge is 0.345 e. The van der Waals surface area contributed by atoms with Gasteiger partial charge >= 0.3 is 0 Å². The standard InChI is InChI=1S/C19H16FN7/c1-11(20)15-7-21-16-4-3-12(9-27(15)16)14-6-22-19-17(14)18(23-10-24-19)13-5-25-26(2)8-13/h3-11H,1-2H3,(H,22,23,24). The highest BCUT2D eigenvalue weighted by Gasteiger charge is 2.17. The Morgan fingerprint density at radius 3 is 2.74 bits per heavy atom. The minimum absolute atomic E-state index is 0.524. The highest BCUT2D eigenvalue weighted by atomic mass is 19.1. The highest BCUT2D eigenvalue weighted by molar-refractivity contribution is 6.02. The fraction of sp³-hybridized carbons (Fsp3) is 0.158. The molecule has 5 aromatic heterocycles. The first-order chi connectivity index (χ1) is 13.1. The molecule has 5 heterocycles. The van der Waals surface area contributed by atoms with E-state index in [1.165, 1.54) is 13.3 Å². The predicted molar refractivity (Wildman–Crippen MR) is 99.8 cm³/mol. The van der Waals surface area contributed by atoms with E-state index in [2.05, 4.69) is 25.0 Å². The third-order valence-electron chi connectivity index (χ3n) is 4.70. The van der Waals surface area contributed by atoms with Gasteiger partial charge in [0.05, 0.1) is 29.2 Å². The number of nitrogens with zero attached hydrogens (tertiary/aromatic N) is 6.